The molecule has 1 aromatic rings. The van der Waals surface area contributed by atoms with Crippen molar-refractivity contribution in [2.75, 3.05) is 18.5 Å². The van der Waals surface area contributed by atoms with Gasteiger partial charge < -0.3 is 0 Å². The Balaban J connectivity index is 1.90. The standard InChI is InChI=1S/C14H21O3PS/c1-2-19(15,16)17-11-10-14-9-6-12-18(14)13-7-4-3-5-8-13/h3-5,7-8,14H,2,6,9-12H2,1H3/t14?,18-/m0/s1. The molecule has 5 heteroatoms. The van der Waals surface area contributed by atoms with Gasteiger partial charge in [-0.1, -0.05) is 38.3 Å². The predicted molar refractivity (Wildman–Crippen MR) is 80.9 cm³/mol. The smallest absolute Gasteiger partial charge is 0.267 e. The van der Waals surface area contributed by atoms with Crippen LogP contribution < -0.4 is 5.30 Å². The molecule has 0 N–H and O–H groups in total. The minimum atomic E-state index is -3.29. The predicted octanol–water partition coefficient (Wildman–Crippen LogP) is 2.71. The van der Waals surface area contributed by atoms with Crippen molar-refractivity contribution in [3.8, 4) is 0 Å². The van der Waals surface area contributed by atoms with E-state index in [2.05, 4.69) is 24.3 Å². The van der Waals surface area contributed by atoms with Gasteiger partial charge in [0.1, 0.15) is 0 Å². The Labute approximate surface area is 117 Å². The zero-order valence-corrected chi connectivity index (χ0v) is 13.0. The lowest BCUT2D eigenvalue weighted by Gasteiger charge is -2.20. The number of benzene rings is 1. The summed E-state index contributed by atoms with van der Waals surface area (Å²) in [4.78, 5) is 0. The van der Waals surface area contributed by atoms with Crippen LogP contribution in [0.4, 0.5) is 0 Å². The lowest BCUT2D eigenvalue weighted by atomic mass is 10.2. The van der Waals surface area contributed by atoms with Crippen LogP contribution in [0.5, 0.6) is 0 Å². The molecule has 3 nitrogen and oxygen atoms in total. The van der Waals surface area contributed by atoms with Crippen molar-refractivity contribution < 1.29 is 12.6 Å². The van der Waals surface area contributed by atoms with Gasteiger partial charge in [-0.15, -0.1) is 0 Å². The van der Waals surface area contributed by atoms with Gasteiger partial charge in [0.15, 0.2) is 0 Å². The van der Waals surface area contributed by atoms with Crippen LogP contribution in [0.3, 0.4) is 0 Å². The normalized spacial score (nSPS) is 23.6. The topological polar surface area (TPSA) is 43.4 Å². The van der Waals surface area contributed by atoms with E-state index in [4.69, 9.17) is 4.18 Å². The number of hydrogen-bond acceptors (Lipinski definition) is 3. The second kappa shape index (κ2) is 6.83. The summed E-state index contributed by atoms with van der Waals surface area (Å²) in [5.74, 6) is 0.0606. The molecule has 1 aliphatic rings. The highest BCUT2D eigenvalue weighted by Gasteiger charge is 2.28. The monoisotopic (exact) mass is 300 g/mol. The molecule has 2 rings (SSSR count). The molecule has 106 valence electrons. The summed E-state index contributed by atoms with van der Waals surface area (Å²) in [5.41, 5.74) is 0.615. The molecule has 0 bridgehead atoms. The maximum absolute atomic E-state index is 11.3. The van der Waals surface area contributed by atoms with Crippen molar-refractivity contribution in [2.24, 2.45) is 0 Å². The summed E-state index contributed by atoms with van der Waals surface area (Å²) in [6.45, 7) is 1.95. The Morgan fingerprint density at radius 3 is 2.74 bits per heavy atom. The van der Waals surface area contributed by atoms with Gasteiger partial charge in [0.25, 0.3) is 10.1 Å². The third-order valence-corrected chi connectivity index (χ3v) is 7.92. The first-order valence-electron chi connectivity index (χ1n) is 6.81. The van der Waals surface area contributed by atoms with Crippen LogP contribution in [-0.4, -0.2) is 32.6 Å². The molecule has 0 amide bonds. The van der Waals surface area contributed by atoms with E-state index >= 15 is 0 Å². The zero-order valence-electron chi connectivity index (χ0n) is 11.3. The van der Waals surface area contributed by atoms with Gasteiger partial charge >= 0.3 is 0 Å². The molecule has 0 radical (unpaired) electrons. The highest BCUT2D eigenvalue weighted by atomic mass is 32.2. The second-order valence-electron chi connectivity index (χ2n) is 4.78. The van der Waals surface area contributed by atoms with Crippen LogP contribution >= 0.6 is 7.92 Å². The largest absolute Gasteiger partial charge is 0.270 e. The number of hydrogen-bond donors (Lipinski definition) is 0. The van der Waals surface area contributed by atoms with Crippen molar-refractivity contribution in [1.29, 1.82) is 0 Å². The first-order valence-corrected chi connectivity index (χ1v) is 9.98. The molecule has 0 spiro atoms. The van der Waals surface area contributed by atoms with Gasteiger partial charge in [0.05, 0.1) is 12.4 Å². The van der Waals surface area contributed by atoms with Gasteiger partial charge in [0.2, 0.25) is 0 Å². The van der Waals surface area contributed by atoms with E-state index in [0.29, 0.717) is 12.3 Å². The van der Waals surface area contributed by atoms with E-state index in [9.17, 15) is 8.42 Å². The molecule has 1 unspecified atom stereocenters. The van der Waals surface area contributed by atoms with E-state index in [1.54, 1.807) is 6.92 Å². The SMILES string of the molecule is CCS(=O)(=O)OCCC1CCC[P@@]1c1ccccc1. The van der Waals surface area contributed by atoms with E-state index < -0.39 is 10.1 Å². The van der Waals surface area contributed by atoms with Crippen molar-refractivity contribution in [3.05, 3.63) is 30.3 Å². The number of rotatable bonds is 6. The third kappa shape index (κ3) is 4.27. The van der Waals surface area contributed by atoms with E-state index in [0.717, 1.165) is 6.42 Å². The lowest BCUT2D eigenvalue weighted by Crippen LogP contribution is -2.15. The zero-order chi connectivity index (χ0) is 13.7. The van der Waals surface area contributed by atoms with E-state index in [1.165, 1.54) is 24.3 Å². The fraction of sp³-hybridized carbons (Fsp3) is 0.571. The lowest BCUT2D eigenvalue weighted by molar-refractivity contribution is 0.310. The molecular formula is C14H21O3PS. The minimum Gasteiger partial charge on any atom is -0.270 e. The van der Waals surface area contributed by atoms with Gasteiger partial charge in [-0.3, -0.25) is 4.18 Å². The van der Waals surface area contributed by atoms with Crippen molar-refractivity contribution in [1.82, 2.24) is 0 Å². The highest BCUT2D eigenvalue weighted by Crippen LogP contribution is 2.50. The van der Waals surface area contributed by atoms with Crippen LogP contribution in [0, 0.1) is 0 Å². The van der Waals surface area contributed by atoms with Crippen molar-refractivity contribution >= 4 is 23.3 Å². The molecule has 1 saturated heterocycles. The molecule has 0 aromatic heterocycles. The first kappa shape index (κ1) is 15.0. The average Bonchev–Trinajstić information content (AvgIpc) is 2.88. The Morgan fingerprint density at radius 1 is 1.32 bits per heavy atom. The summed E-state index contributed by atoms with van der Waals surface area (Å²) in [7, 11) is -3.42. The molecule has 2 atom stereocenters. The van der Waals surface area contributed by atoms with Gasteiger partial charge in [-0.2, -0.15) is 8.42 Å². The maximum atomic E-state index is 11.3. The Kier molecular flexibility index (Phi) is 5.37. The molecule has 1 fully saturated rings. The molecule has 0 saturated carbocycles. The van der Waals surface area contributed by atoms with Crippen LogP contribution in [-0.2, 0) is 14.3 Å². The van der Waals surface area contributed by atoms with Gasteiger partial charge in [0, 0.05) is 0 Å². The van der Waals surface area contributed by atoms with Crippen molar-refractivity contribution in [2.45, 2.75) is 31.8 Å². The van der Waals surface area contributed by atoms with Crippen LogP contribution in [0.2, 0.25) is 0 Å². The van der Waals surface area contributed by atoms with E-state index in [-0.39, 0.29) is 13.7 Å². The van der Waals surface area contributed by atoms with Crippen molar-refractivity contribution in [3.63, 3.8) is 0 Å². The fourth-order valence-corrected chi connectivity index (χ4v) is 6.04. The molecule has 1 heterocycles. The average molecular weight is 300 g/mol. The van der Waals surface area contributed by atoms with Crippen LogP contribution in [0.1, 0.15) is 26.2 Å². The van der Waals surface area contributed by atoms with Gasteiger partial charge in [-0.05, 0) is 43.3 Å². The summed E-state index contributed by atoms with van der Waals surface area (Å²) >= 11 is 0. The van der Waals surface area contributed by atoms with Crippen LogP contribution in [0.25, 0.3) is 0 Å². The Hall–Kier alpha value is -0.440. The quantitative estimate of drug-likeness (QED) is 0.599. The fourth-order valence-electron chi connectivity index (χ4n) is 2.49. The summed E-state index contributed by atoms with van der Waals surface area (Å²) in [6.07, 6.45) is 4.59. The maximum Gasteiger partial charge on any atom is 0.267 e. The second-order valence-corrected chi connectivity index (χ2v) is 9.34. The Morgan fingerprint density at radius 2 is 2.05 bits per heavy atom. The molecule has 1 aliphatic heterocycles. The molecule has 1 aromatic carbocycles. The highest BCUT2D eigenvalue weighted by molar-refractivity contribution is 7.86. The molecule has 0 aliphatic carbocycles. The Bertz CT molecular complexity index is 487. The summed E-state index contributed by atoms with van der Waals surface area (Å²) in [6, 6.07) is 10.6. The summed E-state index contributed by atoms with van der Waals surface area (Å²) in [5, 5.41) is 1.44. The summed E-state index contributed by atoms with van der Waals surface area (Å²) < 4.78 is 27.6. The van der Waals surface area contributed by atoms with Gasteiger partial charge in [-0.25, -0.2) is 0 Å². The molecular weight excluding hydrogens is 279 g/mol. The molecule has 19 heavy (non-hydrogen) atoms. The van der Waals surface area contributed by atoms with E-state index in [1.807, 2.05) is 6.07 Å². The van der Waals surface area contributed by atoms with Crippen LogP contribution in [0.15, 0.2) is 30.3 Å². The third-order valence-electron chi connectivity index (χ3n) is 3.53. The minimum absolute atomic E-state index is 0.0606. The first-order chi connectivity index (χ1) is 9.12.